The van der Waals surface area contributed by atoms with Crippen LogP contribution in [-0.4, -0.2) is 49.6 Å². The van der Waals surface area contributed by atoms with Gasteiger partial charge in [-0.1, -0.05) is 13.0 Å². The molecule has 25 heavy (non-hydrogen) atoms. The van der Waals surface area contributed by atoms with Crippen molar-refractivity contribution in [3.63, 3.8) is 0 Å². The number of piperidine rings is 1. The largest absolute Gasteiger partial charge is 0.466 e. The summed E-state index contributed by atoms with van der Waals surface area (Å²) < 4.78 is 5.19. The molecule has 0 spiro atoms. The molecule has 2 unspecified atom stereocenters. The van der Waals surface area contributed by atoms with Crippen LogP contribution in [0.4, 0.5) is 0 Å². The molecule has 0 bridgehead atoms. The molecule has 0 aromatic carbocycles. The Bertz CT molecular complexity index is 536. The summed E-state index contributed by atoms with van der Waals surface area (Å²) in [5, 5.41) is 5.48. The molecule has 0 radical (unpaired) electrons. The van der Waals surface area contributed by atoms with Gasteiger partial charge in [0.25, 0.3) is 0 Å². The van der Waals surface area contributed by atoms with E-state index in [4.69, 9.17) is 9.73 Å². The topological polar surface area (TPSA) is 53.9 Å². The summed E-state index contributed by atoms with van der Waals surface area (Å²) >= 11 is 1.78. The molecule has 2 rings (SSSR count). The molecule has 2 heterocycles. The van der Waals surface area contributed by atoms with Crippen molar-refractivity contribution in [2.45, 2.75) is 39.5 Å². The first-order chi connectivity index (χ1) is 11.7. The molecular weight excluding hydrogens is 449 g/mol. The van der Waals surface area contributed by atoms with E-state index in [2.05, 4.69) is 41.6 Å². The van der Waals surface area contributed by atoms with Crippen LogP contribution in [0, 0.1) is 5.92 Å². The van der Waals surface area contributed by atoms with Crippen molar-refractivity contribution in [1.82, 2.24) is 10.2 Å². The minimum absolute atomic E-state index is 0. The highest BCUT2D eigenvalue weighted by Crippen LogP contribution is 2.22. The summed E-state index contributed by atoms with van der Waals surface area (Å²) in [5.74, 6) is 1.20. The molecule has 1 saturated heterocycles. The molecule has 1 aromatic rings. The average molecular weight is 479 g/mol. The maximum atomic E-state index is 12.0. The second-order valence-electron chi connectivity index (χ2n) is 6.15. The lowest BCUT2D eigenvalue weighted by Gasteiger charge is -2.34. The summed E-state index contributed by atoms with van der Waals surface area (Å²) in [5.41, 5.74) is 0. The van der Waals surface area contributed by atoms with Crippen LogP contribution in [0.3, 0.4) is 0 Å². The minimum Gasteiger partial charge on any atom is -0.466 e. The number of esters is 1. The summed E-state index contributed by atoms with van der Waals surface area (Å²) in [4.78, 5) is 20.4. The van der Waals surface area contributed by atoms with Gasteiger partial charge in [0.1, 0.15) is 0 Å². The lowest BCUT2D eigenvalue weighted by molar-refractivity contribution is -0.149. The number of likely N-dealkylation sites (tertiary alicyclic amines) is 1. The Morgan fingerprint density at radius 1 is 1.52 bits per heavy atom. The summed E-state index contributed by atoms with van der Waals surface area (Å²) in [7, 11) is 0. The fraction of sp³-hybridized carbons (Fsp3) is 0.667. The standard InChI is InChI=1S/C18H29N3O2S.HI/c1-4-19-18(20-12-14(3)16-9-7-11-24-16)21-10-6-8-15(13-21)17(22)23-5-2;/h7,9,11,14-15H,4-6,8,10,12-13H2,1-3H3,(H,19,20);1H. The quantitative estimate of drug-likeness (QED) is 0.293. The smallest absolute Gasteiger partial charge is 0.310 e. The van der Waals surface area contributed by atoms with Gasteiger partial charge in [0.15, 0.2) is 5.96 Å². The van der Waals surface area contributed by atoms with Crippen LogP contribution in [0.1, 0.15) is 44.4 Å². The third-order valence-electron chi connectivity index (χ3n) is 4.22. The predicted molar refractivity (Wildman–Crippen MR) is 115 cm³/mol. The van der Waals surface area contributed by atoms with Crippen LogP contribution in [-0.2, 0) is 9.53 Å². The van der Waals surface area contributed by atoms with Gasteiger partial charge in [0.05, 0.1) is 19.1 Å². The molecule has 2 atom stereocenters. The molecule has 7 heteroatoms. The number of aliphatic imine (C=N–C) groups is 1. The zero-order chi connectivity index (χ0) is 17.4. The average Bonchev–Trinajstić information content (AvgIpc) is 3.13. The number of guanidine groups is 1. The first kappa shape index (κ1) is 22.2. The number of rotatable bonds is 6. The number of nitrogens with one attached hydrogen (secondary N) is 1. The SMILES string of the molecule is CCNC(=NCC(C)c1cccs1)N1CCCC(C(=O)OCC)C1.I. The van der Waals surface area contributed by atoms with E-state index in [-0.39, 0.29) is 35.9 Å². The van der Waals surface area contributed by atoms with E-state index in [0.717, 1.165) is 38.4 Å². The summed E-state index contributed by atoms with van der Waals surface area (Å²) in [6.45, 7) is 9.79. The Morgan fingerprint density at radius 3 is 2.96 bits per heavy atom. The van der Waals surface area contributed by atoms with Gasteiger partial charge in [0, 0.05) is 30.4 Å². The van der Waals surface area contributed by atoms with Crippen LogP contribution in [0.25, 0.3) is 0 Å². The van der Waals surface area contributed by atoms with Crippen LogP contribution in [0.15, 0.2) is 22.5 Å². The number of thiophene rings is 1. The van der Waals surface area contributed by atoms with Crippen molar-refractivity contribution < 1.29 is 9.53 Å². The zero-order valence-electron chi connectivity index (χ0n) is 15.4. The van der Waals surface area contributed by atoms with E-state index in [1.807, 2.05) is 6.92 Å². The molecule has 5 nitrogen and oxygen atoms in total. The third-order valence-corrected chi connectivity index (χ3v) is 5.32. The molecule has 1 N–H and O–H groups in total. The third kappa shape index (κ3) is 6.77. The molecular formula is C18H30IN3O2S. The molecule has 1 aliphatic rings. The van der Waals surface area contributed by atoms with E-state index in [1.54, 1.807) is 11.3 Å². The second-order valence-corrected chi connectivity index (χ2v) is 7.13. The molecule has 0 amide bonds. The predicted octanol–water partition coefficient (Wildman–Crippen LogP) is 3.71. The van der Waals surface area contributed by atoms with Crippen molar-refractivity contribution in [3.05, 3.63) is 22.4 Å². The van der Waals surface area contributed by atoms with Crippen LogP contribution >= 0.6 is 35.3 Å². The lowest BCUT2D eigenvalue weighted by Crippen LogP contribution is -2.48. The molecule has 1 fully saturated rings. The van der Waals surface area contributed by atoms with Crippen LogP contribution in [0.2, 0.25) is 0 Å². The van der Waals surface area contributed by atoms with Gasteiger partial charge in [-0.15, -0.1) is 35.3 Å². The first-order valence-electron chi connectivity index (χ1n) is 8.89. The number of hydrogen-bond donors (Lipinski definition) is 1. The molecule has 0 aliphatic carbocycles. The first-order valence-corrected chi connectivity index (χ1v) is 9.76. The van der Waals surface area contributed by atoms with E-state index in [1.165, 1.54) is 4.88 Å². The number of halogens is 1. The maximum Gasteiger partial charge on any atom is 0.310 e. The van der Waals surface area contributed by atoms with Crippen molar-refractivity contribution in [1.29, 1.82) is 0 Å². The summed E-state index contributed by atoms with van der Waals surface area (Å²) in [6.07, 6.45) is 1.90. The highest BCUT2D eigenvalue weighted by atomic mass is 127. The Balaban J connectivity index is 0.00000312. The van der Waals surface area contributed by atoms with E-state index >= 15 is 0 Å². The highest BCUT2D eigenvalue weighted by Gasteiger charge is 2.28. The van der Waals surface area contributed by atoms with Gasteiger partial charge >= 0.3 is 5.97 Å². The highest BCUT2D eigenvalue weighted by molar-refractivity contribution is 14.0. The number of carbonyl (C=O) groups excluding carboxylic acids is 1. The minimum atomic E-state index is -0.0787. The lowest BCUT2D eigenvalue weighted by atomic mass is 9.98. The normalized spacial score (nSPS) is 19.1. The van der Waals surface area contributed by atoms with E-state index in [9.17, 15) is 4.79 Å². The molecule has 142 valence electrons. The monoisotopic (exact) mass is 479 g/mol. The van der Waals surface area contributed by atoms with Crippen LogP contribution in [0.5, 0.6) is 0 Å². The molecule has 1 aliphatic heterocycles. The second kappa shape index (κ2) is 11.7. The number of hydrogen-bond acceptors (Lipinski definition) is 4. The van der Waals surface area contributed by atoms with Crippen LogP contribution < -0.4 is 5.32 Å². The summed E-state index contributed by atoms with van der Waals surface area (Å²) in [6, 6.07) is 4.25. The van der Waals surface area contributed by atoms with Crippen molar-refractivity contribution in [3.8, 4) is 0 Å². The Morgan fingerprint density at radius 2 is 2.32 bits per heavy atom. The number of carbonyl (C=O) groups is 1. The number of nitrogens with zero attached hydrogens (tertiary/aromatic N) is 2. The number of ether oxygens (including phenoxy) is 1. The van der Waals surface area contributed by atoms with Gasteiger partial charge < -0.3 is 15.0 Å². The van der Waals surface area contributed by atoms with Gasteiger partial charge in [-0.05, 0) is 38.1 Å². The van der Waals surface area contributed by atoms with Gasteiger partial charge in [0.2, 0.25) is 0 Å². The Hall–Kier alpha value is -0.830. The van der Waals surface area contributed by atoms with Gasteiger partial charge in [-0.25, -0.2) is 0 Å². The van der Waals surface area contributed by atoms with Gasteiger partial charge in [-0.2, -0.15) is 0 Å². The maximum absolute atomic E-state index is 12.0. The van der Waals surface area contributed by atoms with Crippen molar-refractivity contribution in [2.75, 3.05) is 32.8 Å². The zero-order valence-corrected chi connectivity index (χ0v) is 18.5. The van der Waals surface area contributed by atoms with E-state index in [0.29, 0.717) is 19.1 Å². The fourth-order valence-electron chi connectivity index (χ4n) is 2.93. The Kier molecular flexibility index (Phi) is 10.4. The van der Waals surface area contributed by atoms with Crippen molar-refractivity contribution in [2.24, 2.45) is 10.9 Å². The molecule has 1 aromatic heterocycles. The fourth-order valence-corrected chi connectivity index (χ4v) is 3.71. The van der Waals surface area contributed by atoms with Gasteiger partial charge in [-0.3, -0.25) is 9.79 Å². The van der Waals surface area contributed by atoms with Crippen molar-refractivity contribution >= 4 is 47.2 Å². The molecule has 0 saturated carbocycles. The van der Waals surface area contributed by atoms with E-state index < -0.39 is 0 Å². The Labute approximate surface area is 172 Å².